The first-order chi connectivity index (χ1) is 12.8. The Hall–Kier alpha value is -2.41. The first-order valence-corrected chi connectivity index (χ1v) is 9.54. The number of benzene rings is 1. The summed E-state index contributed by atoms with van der Waals surface area (Å²) in [6.45, 7) is 8.34. The van der Waals surface area contributed by atoms with Crippen LogP contribution >= 0.6 is 12.2 Å². The summed E-state index contributed by atoms with van der Waals surface area (Å²) in [4.78, 5) is 26.3. The van der Waals surface area contributed by atoms with Gasteiger partial charge in [0.2, 0.25) is 5.91 Å². The van der Waals surface area contributed by atoms with E-state index in [4.69, 9.17) is 17.0 Å². The minimum absolute atomic E-state index is 0.0401. The van der Waals surface area contributed by atoms with E-state index in [1.54, 1.807) is 0 Å². The summed E-state index contributed by atoms with van der Waals surface area (Å²) in [6.07, 6.45) is 0.666. The SMILES string of the molecule is CCC1=C(C(=O)OC)[C@@H](c2ccc(NC(=O)C(C)C)cc2)NC(=S)N1CC. The largest absolute Gasteiger partial charge is 0.466 e. The van der Waals surface area contributed by atoms with Gasteiger partial charge in [-0.2, -0.15) is 0 Å². The molecule has 2 N–H and O–H groups in total. The third-order valence-electron chi connectivity index (χ3n) is 4.53. The molecular weight excluding hydrogens is 362 g/mol. The van der Waals surface area contributed by atoms with Crippen LogP contribution in [0.5, 0.6) is 0 Å². The molecule has 6 nitrogen and oxygen atoms in total. The van der Waals surface area contributed by atoms with Crippen molar-refractivity contribution < 1.29 is 14.3 Å². The van der Waals surface area contributed by atoms with Gasteiger partial charge in [-0.1, -0.05) is 32.9 Å². The second kappa shape index (κ2) is 8.99. The van der Waals surface area contributed by atoms with E-state index in [2.05, 4.69) is 10.6 Å². The highest BCUT2D eigenvalue weighted by Gasteiger charge is 2.34. The van der Waals surface area contributed by atoms with Crippen LogP contribution < -0.4 is 10.6 Å². The molecule has 0 radical (unpaired) electrons. The number of nitrogens with one attached hydrogen (secondary N) is 2. The Morgan fingerprint density at radius 3 is 2.37 bits per heavy atom. The number of hydrogen-bond acceptors (Lipinski definition) is 4. The van der Waals surface area contributed by atoms with E-state index >= 15 is 0 Å². The molecule has 7 heteroatoms. The predicted molar refractivity (Wildman–Crippen MR) is 110 cm³/mol. The molecule has 27 heavy (non-hydrogen) atoms. The monoisotopic (exact) mass is 389 g/mol. The summed E-state index contributed by atoms with van der Waals surface area (Å²) in [7, 11) is 1.38. The molecule has 1 aromatic carbocycles. The Kier molecular flexibility index (Phi) is 6.96. The molecule has 1 aliphatic rings. The minimum Gasteiger partial charge on any atom is -0.466 e. The molecule has 0 unspecified atom stereocenters. The highest BCUT2D eigenvalue weighted by molar-refractivity contribution is 7.80. The number of carbonyl (C=O) groups excluding carboxylic acids is 2. The molecule has 1 atom stereocenters. The Balaban J connectivity index is 2.41. The van der Waals surface area contributed by atoms with Gasteiger partial charge in [0.25, 0.3) is 0 Å². The maximum atomic E-state index is 12.5. The van der Waals surface area contributed by atoms with Gasteiger partial charge in [0, 0.05) is 23.8 Å². The lowest BCUT2D eigenvalue weighted by Crippen LogP contribution is -2.48. The Labute approximate surface area is 166 Å². The number of carbonyl (C=O) groups is 2. The van der Waals surface area contributed by atoms with Gasteiger partial charge in [-0.15, -0.1) is 0 Å². The third kappa shape index (κ3) is 4.47. The number of thiocarbonyl (C=S) groups is 1. The Bertz CT molecular complexity index is 756. The molecule has 0 aliphatic carbocycles. The molecule has 1 aliphatic heterocycles. The number of methoxy groups -OCH3 is 1. The number of hydrogen-bond donors (Lipinski definition) is 2. The normalized spacial score (nSPS) is 17.0. The molecule has 0 spiro atoms. The van der Waals surface area contributed by atoms with Crippen molar-refractivity contribution in [1.29, 1.82) is 0 Å². The van der Waals surface area contributed by atoms with Crippen LogP contribution in [0.15, 0.2) is 35.5 Å². The molecule has 0 bridgehead atoms. The van der Waals surface area contributed by atoms with Gasteiger partial charge in [0.1, 0.15) is 0 Å². The van der Waals surface area contributed by atoms with Gasteiger partial charge in [0.05, 0.1) is 18.7 Å². The van der Waals surface area contributed by atoms with E-state index in [9.17, 15) is 9.59 Å². The molecule has 2 rings (SSSR count). The fourth-order valence-corrected chi connectivity index (χ4v) is 3.42. The van der Waals surface area contributed by atoms with Gasteiger partial charge < -0.3 is 20.3 Å². The van der Waals surface area contributed by atoms with Crippen molar-refractivity contribution in [3.05, 3.63) is 41.1 Å². The second-order valence-corrected chi connectivity index (χ2v) is 6.98. The van der Waals surface area contributed by atoms with E-state index in [1.807, 2.05) is 56.9 Å². The summed E-state index contributed by atoms with van der Waals surface area (Å²) in [5.74, 6) is -0.507. The molecule has 0 aromatic heterocycles. The summed E-state index contributed by atoms with van der Waals surface area (Å²) in [5.41, 5.74) is 3.03. The van der Waals surface area contributed by atoms with Crippen molar-refractivity contribution in [1.82, 2.24) is 10.2 Å². The van der Waals surface area contributed by atoms with Crippen LogP contribution in [0.3, 0.4) is 0 Å². The lowest BCUT2D eigenvalue weighted by Gasteiger charge is -2.38. The van der Waals surface area contributed by atoms with E-state index < -0.39 is 6.04 Å². The predicted octanol–water partition coefficient (Wildman–Crippen LogP) is 3.37. The van der Waals surface area contributed by atoms with Crippen LogP contribution in [0.4, 0.5) is 5.69 Å². The quantitative estimate of drug-likeness (QED) is 0.574. The van der Waals surface area contributed by atoms with E-state index in [0.717, 1.165) is 11.3 Å². The molecular formula is C20H27N3O3S. The lowest BCUT2D eigenvalue weighted by molar-refractivity contribution is -0.136. The standard InChI is InChI=1S/C20H27N3O3S/c1-6-15-16(19(25)26-5)17(22-20(27)23(15)7-2)13-8-10-14(11-9-13)21-18(24)12(3)4/h8-12,17H,6-7H2,1-5H3,(H,21,24)(H,22,27)/t17-/m1/s1. The maximum Gasteiger partial charge on any atom is 0.337 e. The molecule has 1 heterocycles. The maximum absolute atomic E-state index is 12.5. The average Bonchev–Trinajstić information content (AvgIpc) is 2.66. The topological polar surface area (TPSA) is 70.7 Å². The number of esters is 1. The molecule has 146 valence electrons. The third-order valence-corrected chi connectivity index (χ3v) is 4.87. The molecule has 0 fully saturated rings. The van der Waals surface area contributed by atoms with Crippen molar-refractivity contribution in [3.63, 3.8) is 0 Å². The van der Waals surface area contributed by atoms with Crippen molar-refractivity contribution >= 4 is 34.9 Å². The van der Waals surface area contributed by atoms with Crippen LogP contribution in [-0.2, 0) is 14.3 Å². The molecule has 0 saturated heterocycles. The zero-order chi connectivity index (χ0) is 20.1. The van der Waals surface area contributed by atoms with Gasteiger partial charge in [-0.3, -0.25) is 4.79 Å². The summed E-state index contributed by atoms with van der Waals surface area (Å²) in [6, 6.07) is 7.03. The molecule has 1 aromatic rings. The minimum atomic E-state index is -0.391. The first kappa shape index (κ1) is 20.9. The lowest BCUT2D eigenvalue weighted by atomic mass is 9.93. The number of allylic oxidation sites excluding steroid dienone is 1. The zero-order valence-corrected chi connectivity index (χ0v) is 17.3. The van der Waals surface area contributed by atoms with E-state index in [0.29, 0.717) is 29.3 Å². The van der Waals surface area contributed by atoms with Crippen molar-refractivity contribution in [2.24, 2.45) is 5.92 Å². The Morgan fingerprint density at radius 1 is 1.26 bits per heavy atom. The average molecular weight is 390 g/mol. The summed E-state index contributed by atoms with van der Waals surface area (Å²) >= 11 is 5.51. The smallest absolute Gasteiger partial charge is 0.337 e. The highest BCUT2D eigenvalue weighted by Crippen LogP contribution is 2.33. The number of ether oxygens (including phenoxy) is 1. The Morgan fingerprint density at radius 2 is 1.89 bits per heavy atom. The van der Waals surface area contributed by atoms with Crippen molar-refractivity contribution in [2.75, 3.05) is 19.0 Å². The number of anilines is 1. The highest BCUT2D eigenvalue weighted by atomic mass is 32.1. The van der Waals surface area contributed by atoms with E-state index in [1.165, 1.54) is 7.11 Å². The van der Waals surface area contributed by atoms with Gasteiger partial charge in [-0.25, -0.2) is 4.79 Å². The number of amides is 1. The molecule has 0 saturated carbocycles. The second-order valence-electron chi connectivity index (χ2n) is 6.60. The van der Waals surface area contributed by atoms with Gasteiger partial charge >= 0.3 is 5.97 Å². The zero-order valence-electron chi connectivity index (χ0n) is 16.5. The van der Waals surface area contributed by atoms with Crippen molar-refractivity contribution in [3.8, 4) is 0 Å². The van der Waals surface area contributed by atoms with Crippen LogP contribution in [-0.4, -0.2) is 35.5 Å². The first-order valence-electron chi connectivity index (χ1n) is 9.14. The number of nitrogens with zero attached hydrogens (tertiary/aromatic N) is 1. The van der Waals surface area contributed by atoms with Gasteiger partial charge in [-0.05, 0) is 43.3 Å². The van der Waals surface area contributed by atoms with E-state index in [-0.39, 0.29) is 17.8 Å². The van der Waals surface area contributed by atoms with Gasteiger partial charge in [0.15, 0.2) is 5.11 Å². The van der Waals surface area contributed by atoms with Crippen LogP contribution in [0.1, 0.15) is 45.7 Å². The van der Waals surface area contributed by atoms with Crippen LogP contribution in [0, 0.1) is 5.92 Å². The molecule has 1 amide bonds. The summed E-state index contributed by atoms with van der Waals surface area (Å²) in [5, 5.41) is 6.70. The van der Waals surface area contributed by atoms with Crippen LogP contribution in [0.2, 0.25) is 0 Å². The van der Waals surface area contributed by atoms with Crippen molar-refractivity contribution in [2.45, 2.75) is 40.2 Å². The fraction of sp³-hybridized carbons (Fsp3) is 0.450. The number of rotatable bonds is 6. The van der Waals surface area contributed by atoms with Crippen LogP contribution in [0.25, 0.3) is 0 Å². The fourth-order valence-electron chi connectivity index (χ4n) is 3.07. The summed E-state index contributed by atoms with van der Waals surface area (Å²) < 4.78 is 5.04.